The molecule has 2 aliphatic heterocycles. The van der Waals surface area contributed by atoms with Crippen molar-refractivity contribution in [3.05, 3.63) is 85.8 Å². The molecule has 0 saturated heterocycles. The van der Waals surface area contributed by atoms with Crippen LogP contribution in [0, 0.1) is 0 Å². The van der Waals surface area contributed by atoms with Crippen LogP contribution in [0.1, 0.15) is 0 Å². The SMILES string of the molecule is Brc1ccc2c(c1)=CC1=C(SC3=C4C=c5cc(Br)ccc5=C4CS3)SCC=21. The highest BCUT2D eigenvalue weighted by Crippen LogP contribution is 2.53. The van der Waals surface area contributed by atoms with Crippen molar-refractivity contribution >= 4 is 90.4 Å². The highest BCUT2D eigenvalue weighted by Gasteiger charge is 2.29. The van der Waals surface area contributed by atoms with Gasteiger partial charge in [-0.2, -0.15) is 0 Å². The average molecular weight is 532 g/mol. The Bertz CT molecular complexity index is 1260. The second kappa shape index (κ2) is 6.46. The molecule has 27 heavy (non-hydrogen) atoms. The van der Waals surface area contributed by atoms with Crippen LogP contribution in [-0.2, 0) is 0 Å². The second-order valence-electron chi connectivity index (χ2n) is 6.79. The summed E-state index contributed by atoms with van der Waals surface area (Å²) in [5.41, 5.74) is 5.90. The van der Waals surface area contributed by atoms with E-state index in [1.165, 1.54) is 51.6 Å². The maximum Gasteiger partial charge on any atom is 0.0534 e. The predicted octanol–water partition coefficient (Wildman–Crippen LogP) is 4.45. The Hall–Kier alpha value is -0.590. The molecule has 5 heteroatoms. The fraction of sp³-hybridized carbons (Fsp3) is 0.0909. The topological polar surface area (TPSA) is 0 Å². The van der Waals surface area contributed by atoms with Gasteiger partial charge in [-0.25, -0.2) is 0 Å². The fourth-order valence-electron chi connectivity index (χ4n) is 3.99. The Balaban J connectivity index is 1.45. The Kier molecular flexibility index (Phi) is 4.14. The monoisotopic (exact) mass is 530 g/mol. The van der Waals surface area contributed by atoms with E-state index < -0.39 is 0 Å². The van der Waals surface area contributed by atoms with Crippen molar-refractivity contribution < 1.29 is 0 Å². The Morgan fingerprint density at radius 2 is 1.19 bits per heavy atom. The third kappa shape index (κ3) is 2.73. The van der Waals surface area contributed by atoms with Gasteiger partial charge in [-0.05, 0) is 68.4 Å². The largest absolute Gasteiger partial charge is 0.113 e. The summed E-state index contributed by atoms with van der Waals surface area (Å²) in [4.78, 5) is 0. The van der Waals surface area contributed by atoms with Crippen LogP contribution in [-0.4, -0.2) is 11.5 Å². The molecule has 0 spiro atoms. The summed E-state index contributed by atoms with van der Waals surface area (Å²) >= 11 is 13.2. The van der Waals surface area contributed by atoms with Crippen LogP contribution in [0.25, 0.3) is 23.3 Å². The van der Waals surface area contributed by atoms with Crippen molar-refractivity contribution in [3.8, 4) is 0 Å². The Labute approximate surface area is 186 Å². The van der Waals surface area contributed by atoms with Gasteiger partial charge in [-0.3, -0.25) is 0 Å². The summed E-state index contributed by atoms with van der Waals surface area (Å²) in [5, 5.41) is 5.51. The number of thioether (sulfide) groups is 3. The minimum absolute atomic E-state index is 1.09. The van der Waals surface area contributed by atoms with Gasteiger partial charge < -0.3 is 0 Å². The van der Waals surface area contributed by atoms with E-state index in [1.807, 2.05) is 35.3 Å². The highest BCUT2D eigenvalue weighted by atomic mass is 79.9. The molecule has 0 saturated carbocycles. The molecule has 2 heterocycles. The molecule has 2 aromatic carbocycles. The van der Waals surface area contributed by atoms with Gasteiger partial charge in [0.1, 0.15) is 0 Å². The lowest BCUT2D eigenvalue weighted by Crippen LogP contribution is -2.22. The zero-order valence-electron chi connectivity index (χ0n) is 14.0. The first-order valence-corrected chi connectivity index (χ1v) is 13.0. The van der Waals surface area contributed by atoms with E-state index in [4.69, 9.17) is 0 Å². The molecule has 0 N–H and O–H groups in total. The summed E-state index contributed by atoms with van der Waals surface area (Å²) in [7, 11) is 0. The van der Waals surface area contributed by atoms with Crippen LogP contribution >= 0.6 is 67.1 Å². The number of fused-ring (bicyclic) bond motifs is 4. The predicted molar refractivity (Wildman–Crippen MR) is 129 cm³/mol. The molecule has 0 unspecified atom stereocenters. The van der Waals surface area contributed by atoms with Crippen LogP contribution < -0.4 is 20.9 Å². The number of hydrogen-bond acceptors (Lipinski definition) is 3. The third-order valence-electron chi connectivity index (χ3n) is 5.25. The summed E-state index contributed by atoms with van der Waals surface area (Å²) in [6.07, 6.45) is 4.74. The van der Waals surface area contributed by atoms with Gasteiger partial charge in [-0.1, -0.05) is 55.8 Å². The first-order chi connectivity index (χ1) is 13.2. The van der Waals surface area contributed by atoms with E-state index in [9.17, 15) is 0 Å². The lowest BCUT2D eigenvalue weighted by molar-refractivity contribution is 1.49. The number of allylic oxidation sites excluding steroid dienone is 2. The summed E-state index contributed by atoms with van der Waals surface area (Å²) in [5.74, 6) is 2.17. The maximum absolute atomic E-state index is 3.60. The van der Waals surface area contributed by atoms with Gasteiger partial charge in [-0.15, -0.1) is 23.5 Å². The molecule has 0 fully saturated rings. The van der Waals surface area contributed by atoms with Gasteiger partial charge in [0, 0.05) is 31.6 Å². The molecule has 0 nitrogen and oxygen atoms in total. The van der Waals surface area contributed by atoms with Crippen molar-refractivity contribution in [2.24, 2.45) is 0 Å². The van der Waals surface area contributed by atoms with E-state index in [-0.39, 0.29) is 0 Å². The van der Waals surface area contributed by atoms with E-state index in [0.29, 0.717) is 0 Å². The summed E-state index contributed by atoms with van der Waals surface area (Å²) in [6, 6.07) is 13.3. The van der Waals surface area contributed by atoms with E-state index in [0.717, 1.165) is 20.5 Å². The van der Waals surface area contributed by atoms with Gasteiger partial charge in [0.25, 0.3) is 0 Å². The first kappa shape index (κ1) is 17.3. The quantitative estimate of drug-likeness (QED) is 0.562. The first-order valence-electron chi connectivity index (χ1n) is 8.61. The van der Waals surface area contributed by atoms with Gasteiger partial charge in [0.15, 0.2) is 0 Å². The zero-order chi connectivity index (χ0) is 18.1. The molecule has 0 amide bonds. The standard InChI is InChI=1S/C22H12Br2S3/c23-13-1-3-15-11(5-13)7-17-19(15)9-25-21(17)27-22-18-8-12-6-14(24)2-4-16(12)20(18)10-26-22/h1-8H,9-10H2. The van der Waals surface area contributed by atoms with Crippen LogP contribution in [0.15, 0.2) is 65.0 Å². The molecule has 4 aliphatic rings. The van der Waals surface area contributed by atoms with E-state index >= 15 is 0 Å². The molecular formula is C22H12Br2S3. The van der Waals surface area contributed by atoms with E-state index in [2.05, 4.69) is 80.4 Å². The van der Waals surface area contributed by atoms with Crippen LogP contribution in [0.2, 0.25) is 0 Å². The van der Waals surface area contributed by atoms with E-state index in [1.54, 1.807) is 0 Å². The molecule has 132 valence electrons. The van der Waals surface area contributed by atoms with Gasteiger partial charge in [0.2, 0.25) is 0 Å². The number of benzene rings is 2. The minimum atomic E-state index is 1.09. The lowest BCUT2D eigenvalue weighted by Gasteiger charge is -2.04. The third-order valence-corrected chi connectivity index (χ3v) is 10.1. The van der Waals surface area contributed by atoms with Crippen molar-refractivity contribution in [2.75, 3.05) is 11.5 Å². The number of halogens is 2. The summed E-state index contributed by atoms with van der Waals surface area (Å²) in [6.45, 7) is 0. The highest BCUT2D eigenvalue weighted by molar-refractivity contribution is 9.10. The lowest BCUT2D eigenvalue weighted by atomic mass is 10.1. The fourth-order valence-corrected chi connectivity index (χ4v) is 8.83. The van der Waals surface area contributed by atoms with Gasteiger partial charge in [0.05, 0.1) is 8.47 Å². The zero-order valence-corrected chi connectivity index (χ0v) is 19.6. The number of rotatable bonds is 2. The minimum Gasteiger partial charge on any atom is -0.113 e. The van der Waals surface area contributed by atoms with Crippen LogP contribution in [0.5, 0.6) is 0 Å². The Morgan fingerprint density at radius 3 is 1.67 bits per heavy atom. The van der Waals surface area contributed by atoms with Crippen LogP contribution in [0.4, 0.5) is 0 Å². The van der Waals surface area contributed by atoms with Crippen LogP contribution in [0.3, 0.4) is 0 Å². The molecule has 0 atom stereocenters. The molecule has 0 radical (unpaired) electrons. The average Bonchev–Trinajstić information content (AvgIpc) is 3.36. The molecule has 2 aliphatic carbocycles. The molecule has 0 bridgehead atoms. The second-order valence-corrected chi connectivity index (χ2v) is 12.1. The van der Waals surface area contributed by atoms with Crippen molar-refractivity contribution in [3.63, 3.8) is 0 Å². The molecular weight excluding hydrogens is 520 g/mol. The number of hydrogen-bond donors (Lipinski definition) is 0. The maximum atomic E-state index is 3.60. The van der Waals surface area contributed by atoms with Crippen molar-refractivity contribution in [2.45, 2.75) is 0 Å². The smallest absolute Gasteiger partial charge is 0.0534 e. The molecule has 2 aromatic rings. The van der Waals surface area contributed by atoms with Gasteiger partial charge >= 0.3 is 0 Å². The molecule has 0 aromatic heterocycles. The normalized spacial score (nSPS) is 19.2. The van der Waals surface area contributed by atoms with Crippen molar-refractivity contribution in [1.82, 2.24) is 0 Å². The Morgan fingerprint density at radius 1 is 0.704 bits per heavy atom. The molecule has 6 rings (SSSR count). The summed E-state index contributed by atoms with van der Waals surface area (Å²) < 4.78 is 5.22. The van der Waals surface area contributed by atoms with Crippen molar-refractivity contribution in [1.29, 1.82) is 0 Å².